The lowest BCUT2D eigenvalue weighted by atomic mass is 10.0. The standard InChI is InChI=1S/C12H17FN2O/c1-8(2)11(14)12(16)15(3)10-7-5-4-6-9(10)13/h4-8,11H,14H2,1-3H3/t11-/m1/s1. The molecule has 0 aromatic heterocycles. The van der Waals surface area contributed by atoms with Gasteiger partial charge in [0.1, 0.15) is 5.82 Å². The number of benzene rings is 1. The Kier molecular flexibility index (Phi) is 4.01. The van der Waals surface area contributed by atoms with Gasteiger partial charge in [0.25, 0.3) is 0 Å². The maximum absolute atomic E-state index is 13.4. The van der Waals surface area contributed by atoms with E-state index in [0.717, 1.165) is 0 Å². The van der Waals surface area contributed by atoms with Crippen molar-refractivity contribution in [2.24, 2.45) is 11.7 Å². The van der Waals surface area contributed by atoms with Crippen LogP contribution in [0.15, 0.2) is 24.3 Å². The third-order valence-electron chi connectivity index (χ3n) is 2.55. The molecule has 0 heterocycles. The fourth-order valence-corrected chi connectivity index (χ4v) is 1.35. The molecule has 0 aliphatic rings. The number of likely N-dealkylation sites (N-methyl/N-ethyl adjacent to an activating group) is 1. The van der Waals surface area contributed by atoms with Crippen LogP contribution in [0.4, 0.5) is 10.1 Å². The number of halogens is 1. The van der Waals surface area contributed by atoms with Crippen LogP contribution < -0.4 is 10.6 Å². The van der Waals surface area contributed by atoms with Crippen LogP contribution in [0.3, 0.4) is 0 Å². The van der Waals surface area contributed by atoms with Gasteiger partial charge in [-0.3, -0.25) is 4.79 Å². The highest BCUT2D eigenvalue weighted by Crippen LogP contribution is 2.18. The van der Waals surface area contributed by atoms with Gasteiger partial charge in [0.2, 0.25) is 5.91 Å². The molecule has 1 amide bonds. The molecule has 1 aromatic rings. The lowest BCUT2D eigenvalue weighted by Crippen LogP contribution is -2.45. The SMILES string of the molecule is CC(C)[C@@H](N)C(=O)N(C)c1ccccc1F. The van der Waals surface area contributed by atoms with E-state index in [1.807, 2.05) is 13.8 Å². The Morgan fingerprint density at radius 2 is 1.94 bits per heavy atom. The van der Waals surface area contributed by atoms with Crippen molar-refractivity contribution < 1.29 is 9.18 Å². The number of anilines is 1. The predicted octanol–water partition coefficient (Wildman–Crippen LogP) is 1.77. The van der Waals surface area contributed by atoms with Gasteiger partial charge >= 0.3 is 0 Å². The fraction of sp³-hybridized carbons (Fsp3) is 0.417. The van der Waals surface area contributed by atoms with Crippen molar-refractivity contribution in [3.8, 4) is 0 Å². The molecule has 1 aromatic carbocycles. The summed E-state index contributed by atoms with van der Waals surface area (Å²) in [7, 11) is 1.53. The number of carbonyl (C=O) groups excluding carboxylic acids is 1. The Balaban J connectivity index is 2.91. The van der Waals surface area contributed by atoms with Gasteiger partial charge in [0, 0.05) is 7.05 Å². The van der Waals surface area contributed by atoms with Crippen LogP contribution in [0.1, 0.15) is 13.8 Å². The van der Waals surface area contributed by atoms with E-state index in [1.54, 1.807) is 18.2 Å². The molecule has 1 rings (SSSR count). The number of nitrogens with zero attached hydrogens (tertiary/aromatic N) is 1. The molecule has 0 saturated heterocycles. The van der Waals surface area contributed by atoms with Crippen LogP contribution in [0, 0.1) is 11.7 Å². The number of para-hydroxylation sites is 1. The molecular weight excluding hydrogens is 207 g/mol. The van der Waals surface area contributed by atoms with Crippen molar-refractivity contribution in [2.45, 2.75) is 19.9 Å². The van der Waals surface area contributed by atoms with Gasteiger partial charge in [-0.25, -0.2) is 4.39 Å². The third kappa shape index (κ3) is 2.58. The second-order valence-electron chi connectivity index (χ2n) is 4.12. The highest BCUT2D eigenvalue weighted by molar-refractivity contribution is 5.96. The topological polar surface area (TPSA) is 46.3 Å². The zero-order valence-electron chi connectivity index (χ0n) is 9.77. The second kappa shape index (κ2) is 5.07. The van der Waals surface area contributed by atoms with Gasteiger partial charge in [0.15, 0.2) is 0 Å². The Morgan fingerprint density at radius 1 is 1.38 bits per heavy atom. The van der Waals surface area contributed by atoms with Gasteiger partial charge in [-0.15, -0.1) is 0 Å². The molecule has 2 N–H and O–H groups in total. The highest BCUT2D eigenvalue weighted by Gasteiger charge is 2.23. The number of nitrogens with two attached hydrogens (primary N) is 1. The largest absolute Gasteiger partial charge is 0.320 e. The number of hydrogen-bond donors (Lipinski definition) is 1. The maximum Gasteiger partial charge on any atom is 0.243 e. The average molecular weight is 224 g/mol. The molecule has 4 heteroatoms. The van der Waals surface area contributed by atoms with Crippen molar-refractivity contribution in [1.82, 2.24) is 0 Å². The Labute approximate surface area is 95.0 Å². The van der Waals surface area contributed by atoms with Crippen molar-refractivity contribution in [2.75, 3.05) is 11.9 Å². The normalized spacial score (nSPS) is 12.6. The molecule has 0 fully saturated rings. The van der Waals surface area contributed by atoms with E-state index in [-0.39, 0.29) is 17.5 Å². The Bertz CT molecular complexity index is 379. The summed E-state index contributed by atoms with van der Waals surface area (Å²) in [5.74, 6) is -0.670. The molecule has 0 unspecified atom stereocenters. The van der Waals surface area contributed by atoms with E-state index in [0.29, 0.717) is 0 Å². The van der Waals surface area contributed by atoms with E-state index < -0.39 is 11.9 Å². The lowest BCUT2D eigenvalue weighted by molar-refractivity contribution is -0.120. The molecule has 0 aliphatic heterocycles. The minimum Gasteiger partial charge on any atom is -0.320 e. The van der Waals surface area contributed by atoms with Gasteiger partial charge < -0.3 is 10.6 Å². The number of hydrogen-bond acceptors (Lipinski definition) is 2. The number of amides is 1. The van der Waals surface area contributed by atoms with E-state index in [9.17, 15) is 9.18 Å². The average Bonchev–Trinajstić information content (AvgIpc) is 2.26. The minimum atomic E-state index is -0.607. The predicted molar refractivity (Wildman–Crippen MR) is 62.6 cm³/mol. The summed E-state index contributed by atoms with van der Waals surface area (Å²) in [6.45, 7) is 3.72. The van der Waals surface area contributed by atoms with Crippen molar-refractivity contribution >= 4 is 11.6 Å². The van der Waals surface area contributed by atoms with E-state index in [2.05, 4.69) is 0 Å². The van der Waals surface area contributed by atoms with Gasteiger partial charge in [-0.05, 0) is 18.1 Å². The highest BCUT2D eigenvalue weighted by atomic mass is 19.1. The quantitative estimate of drug-likeness (QED) is 0.850. The lowest BCUT2D eigenvalue weighted by Gasteiger charge is -2.23. The second-order valence-corrected chi connectivity index (χ2v) is 4.12. The Hall–Kier alpha value is -1.42. The summed E-state index contributed by atoms with van der Waals surface area (Å²) in [6.07, 6.45) is 0. The molecule has 0 saturated carbocycles. The first-order valence-electron chi connectivity index (χ1n) is 5.22. The number of rotatable bonds is 3. The molecule has 0 bridgehead atoms. The molecule has 3 nitrogen and oxygen atoms in total. The molecule has 0 spiro atoms. The first-order chi connectivity index (χ1) is 7.45. The number of carbonyl (C=O) groups is 1. The monoisotopic (exact) mass is 224 g/mol. The van der Waals surface area contributed by atoms with Gasteiger partial charge in [-0.1, -0.05) is 26.0 Å². The maximum atomic E-state index is 13.4. The van der Waals surface area contributed by atoms with Gasteiger partial charge in [-0.2, -0.15) is 0 Å². The first kappa shape index (κ1) is 12.6. The molecule has 1 atom stereocenters. The molecule has 16 heavy (non-hydrogen) atoms. The van der Waals surface area contributed by atoms with Crippen molar-refractivity contribution in [1.29, 1.82) is 0 Å². The Morgan fingerprint density at radius 3 is 2.44 bits per heavy atom. The smallest absolute Gasteiger partial charge is 0.243 e. The molecule has 88 valence electrons. The van der Waals surface area contributed by atoms with Crippen LogP contribution in [-0.2, 0) is 4.79 Å². The third-order valence-corrected chi connectivity index (χ3v) is 2.55. The van der Waals surface area contributed by atoms with E-state index >= 15 is 0 Å². The minimum absolute atomic E-state index is 0.0294. The molecule has 0 radical (unpaired) electrons. The van der Waals surface area contributed by atoms with Crippen LogP contribution in [0.5, 0.6) is 0 Å². The van der Waals surface area contributed by atoms with Crippen LogP contribution in [-0.4, -0.2) is 19.0 Å². The fourth-order valence-electron chi connectivity index (χ4n) is 1.35. The van der Waals surface area contributed by atoms with Crippen molar-refractivity contribution in [3.63, 3.8) is 0 Å². The summed E-state index contributed by atoms with van der Waals surface area (Å²) in [4.78, 5) is 13.1. The summed E-state index contributed by atoms with van der Waals surface area (Å²) in [5.41, 5.74) is 5.99. The van der Waals surface area contributed by atoms with Crippen LogP contribution in [0.2, 0.25) is 0 Å². The summed E-state index contributed by atoms with van der Waals surface area (Å²) >= 11 is 0. The summed E-state index contributed by atoms with van der Waals surface area (Å²) in [6, 6.07) is 5.53. The van der Waals surface area contributed by atoms with E-state index in [1.165, 1.54) is 18.0 Å². The summed E-state index contributed by atoms with van der Waals surface area (Å²) < 4.78 is 13.4. The van der Waals surface area contributed by atoms with Crippen molar-refractivity contribution in [3.05, 3.63) is 30.1 Å². The first-order valence-corrected chi connectivity index (χ1v) is 5.22. The molecule has 0 aliphatic carbocycles. The zero-order valence-corrected chi connectivity index (χ0v) is 9.77. The van der Waals surface area contributed by atoms with Gasteiger partial charge in [0.05, 0.1) is 11.7 Å². The van der Waals surface area contributed by atoms with E-state index in [4.69, 9.17) is 5.73 Å². The van der Waals surface area contributed by atoms with Crippen LogP contribution in [0.25, 0.3) is 0 Å². The molecular formula is C12H17FN2O. The summed E-state index contributed by atoms with van der Waals surface area (Å²) in [5, 5.41) is 0. The zero-order chi connectivity index (χ0) is 12.3. The van der Waals surface area contributed by atoms with Crippen LogP contribution >= 0.6 is 0 Å².